The lowest BCUT2D eigenvalue weighted by molar-refractivity contribution is -0.0242. The topological polar surface area (TPSA) is 34.1 Å². The van der Waals surface area contributed by atoms with E-state index in [1.165, 1.54) is 12.3 Å². The van der Waals surface area contributed by atoms with E-state index in [2.05, 4.69) is 10.3 Å². The molecule has 1 aromatic heterocycles. The molecule has 0 fully saturated rings. The Bertz CT molecular complexity index is 287. The summed E-state index contributed by atoms with van der Waals surface area (Å²) in [6.07, 6.45) is 1.52. The smallest absolute Gasteiger partial charge is 0.278 e. The Morgan fingerprint density at radius 3 is 2.53 bits per heavy atom. The second-order valence-electron chi connectivity index (χ2n) is 2.99. The maximum atomic E-state index is 12.4. The van der Waals surface area contributed by atoms with E-state index in [0.717, 1.165) is 12.6 Å². The van der Waals surface area contributed by atoms with E-state index >= 15 is 0 Å². The van der Waals surface area contributed by atoms with Crippen LogP contribution in [-0.2, 0) is 0 Å². The van der Waals surface area contributed by atoms with Crippen LogP contribution in [0.4, 0.5) is 14.5 Å². The third-order valence-corrected chi connectivity index (χ3v) is 1.50. The monoisotopic (exact) mass is 238 g/mol. The second kappa shape index (κ2) is 5.70. The number of pyridine rings is 1. The molecule has 0 aliphatic carbocycles. The van der Waals surface area contributed by atoms with Crippen molar-refractivity contribution >= 4 is 18.1 Å². The maximum Gasteiger partial charge on any atom is 0.278 e. The summed E-state index contributed by atoms with van der Waals surface area (Å²) in [4.78, 5) is 3.83. The molecule has 1 rings (SSSR count). The highest BCUT2D eigenvalue weighted by Gasteiger charge is 2.22. The zero-order valence-corrected chi connectivity index (χ0v) is 9.28. The van der Waals surface area contributed by atoms with Gasteiger partial charge in [0.05, 0.1) is 11.9 Å². The highest BCUT2D eigenvalue weighted by atomic mass is 35.5. The van der Waals surface area contributed by atoms with Crippen LogP contribution in [0.1, 0.15) is 6.92 Å². The molecule has 0 saturated heterocycles. The number of nitrogens with zero attached hydrogens (tertiary/aromatic N) is 1. The summed E-state index contributed by atoms with van der Waals surface area (Å²) in [6, 6.07) is 3.24. The number of hydrogen-bond donors (Lipinski definition) is 1. The Morgan fingerprint density at radius 1 is 1.47 bits per heavy atom. The van der Waals surface area contributed by atoms with E-state index in [0.29, 0.717) is 0 Å². The Hall–Kier alpha value is -1.10. The van der Waals surface area contributed by atoms with Gasteiger partial charge in [-0.2, -0.15) is 0 Å². The first kappa shape index (κ1) is 13.9. The van der Waals surface area contributed by atoms with Gasteiger partial charge in [0.25, 0.3) is 5.92 Å². The first-order valence-electron chi connectivity index (χ1n) is 4.16. The van der Waals surface area contributed by atoms with Crippen LogP contribution in [0.2, 0.25) is 0 Å². The van der Waals surface area contributed by atoms with Gasteiger partial charge >= 0.3 is 0 Å². The molecule has 1 aromatic rings. The minimum absolute atomic E-state index is 0. The maximum absolute atomic E-state index is 12.4. The van der Waals surface area contributed by atoms with Crippen LogP contribution in [0.25, 0.3) is 0 Å². The number of alkyl halides is 2. The molecular weight excluding hydrogens is 226 g/mol. The van der Waals surface area contributed by atoms with Gasteiger partial charge in [-0.05, 0) is 6.07 Å². The number of anilines is 1. The Morgan fingerprint density at radius 2 is 2.13 bits per heavy atom. The summed E-state index contributed by atoms with van der Waals surface area (Å²) in [6.45, 7) is 0.147. The highest BCUT2D eigenvalue weighted by molar-refractivity contribution is 5.85. The minimum atomic E-state index is -2.83. The van der Waals surface area contributed by atoms with Crippen molar-refractivity contribution in [1.29, 1.82) is 0 Å². The van der Waals surface area contributed by atoms with E-state index in [9.17, 15) is 8.78 Å². The van der Waals surface area contributed by atoms with Crippen LogP contribution in [0.15, 0.2) is 18.3 Å². The van der Waals surface area contributed by atoms with Crippen molar-refractivity contribution < 1.29 is 13.5 Å². The summed E-state index contributed by atoms with van der Waals surface area (Å²) in [5.74, 6) is -2.63. The average molecular weight is 239 g/mol. The van der Waals surface area contributed by atoms with Crippen molar-refractivity contribution in [2.24, 2.45) is 0 Å². The van der Waals surface area contributed by atoms with E-state index in [1.807, 2.05) is 0 Å². The summed E-state index contributed by atoms with van der Waals surface area (Å²) in [7, 11) is 1.75. The first-order valence-corrected chi connectivity index (χ1v) is 4.16. The van der Waals surface area contributed by atoms with Crippen LogP contribution >= 0.6 is 12.4 Å². The molecule has 6 heteroatoms. The lowest BCUT2D eigenvalue weighted by atomic mass is 10.4. The fourth-order valence-electron chi connectivity index (χ4n) is 0.814. The molecule has 0 atom stereocenters. The van der Waals surface area contributed by atoms with Crippen molar-refractivity contribution in [3.63, 3.8) is 0 Å². The molecule has 0 spiro atoms. The largest absolute Gasteiger partial charge is 0.471 e. The molecule has 1 N–H and O–H groups in total. The Labute approximate surface area is 93.3 Å². The number of halogens is 3. The normalized spacial score (nSPS) is 10.4. The molecule has 1 heterocycles. The van der Waals surface area contributed by atoms with Gasteiger partial charge in [-0.1, -0.05) is 0 Å². The molecule has 0 radical (unpaired) electrons. The van der Waals surface area contributed by atoms with Crippen molar-refractivity contribution in [3.8, 4) is 5.88 Å². The van der Waals surface area contributed by atoms with E-state index in [4.69, 9.17) is 4.74 Å². The number of rotatable bonds is 4. The molecule has 0 aliphatic rings. The number of ether oxygens (including phenoxy) is 1. The van der Waals surface area contributed by atoms with Crippen LogP contribution in [0.5, 0.6) is 5.88 Å². The molecule has 86 valence electrons. The van der Waals surface area contributed by atoms with Gasteiger partial charge in [-0.25, -0.2) is 13.8 Å². The van der Waals surface area contributed by atoms with Gasteiger partial charge in [-0.3, -0.25) is 0 Å². The van der Waals surface area contributed by atoms with E-state index in [-0.39, 0.29) is 18.3 Å². The highest BCUT2D eigenvalue weighted by Crippen LogP contribution is 2.15. The van der Waals surface area contributed by atoms with Gasteiger partial charge in [0.1, 0.15) is 0 Å². The van der Waals surface area contributed by atoms with Crippen LogP contribution in [-0.4, -0.2) is 24.6 Å². The predicted octanol–water partition coefficient (Wildman–Crippen LogP) is 2.58. The second-order valence-corrected chi connectivity index (χ2v) is 2.99. The fraction of sp³-hybridized carbons (Fsp3) is 0.444. The van der Waals surface area contributed by atoms with Crippen molar-refractivity contribution in [2.45, 2.75) is 12.8 Å². The van der Waals surface area contributed by atoms with Crippen molar-refractivity contribution in [2.75, 3.05) is 19.0 Å². The third-order valence-electron chi connectivity index (χ3n) is 1.50. The van der Waals surface area contributed by atoms with Crippen molar-refractivity contribution in [3.05, 3.63) is 18.3 Å². The van der Waals surface area contributed by atoms with Gasteiger partial charge < -0.3 is 10.1 Å². The summed E-state index contributed by atoms with van der Waals surface area (Å²) < 4.78 is 29.6. The number of aromatic nitrogens is 1. The lowest BCUT2D eigenvalue weighted by Crippen LogP contribution is -2.21. The molecule has 0 saturated carbocycles. The van der Waals surface area contributed by atoms with Gasteiger partial charge in [0.2, 0.25) is 5.88 Å². The van der Waals surface area contributed by atoms with Crippen LogP contribution in [0, 0.1) is 0 Å². The van der Waals surface area contributed by atoms with Crippen LogP contribution < -0.4 is 10.1 Å². The van der Waals surface area contributed by atoms with Crippen LogP contribution in [0.3, 0.4) is 0 Å². The number of hydrogen-bond acceptors (Lipinski definition) is 3. The Kier molecular flexibility index (Phi) is 5.28. The Balaban J connectivity index is 0.00000196. The summed E-state index contributed by atoms with van der Waals surface area (Å²) in [5, 5.41) is 2.86. The molecule has 3 nitrogen and oxygen atoms in total. The molecule has 15 heavy (non-hydrogen) atoms. The zero-order chi connectivity index (χ0) is 10.6. The zero-order valence-electron chi connectivity index (χ0n) is 8.46. The summed E-state index contributed by atoms with van der Waals surface area (Å²) in [5.41, 5.74) is 0.806. The molecule has 0 aliphatic heterocycles. The molecule has 0 amide bonds. The van der Waals surface area contributed by atoms with Gasteiger partial charge in [0, 0.05) is 20.0 Å². The molecule has 0 bridgehead atoms. The summed E-state index contributed by atoms with van der Waals surface area (Å²) >= 11 is 0. The quantitative estimate of drug-likeness (QED) is 0.876. The molecular formula is C9H13ClF2N2O. The first-order chi connectivity index (χ1) is 6.51. The standard InChI is InChI=1S/C9H12F2N2O.ClH/c1-9(10,11)6-14-8-4-3-7(12-2)5-13-8;/h3-5,12H,6H2,1-2H3;1H. The van der Waals surface area contributed by atoms with Crippen molar-refractivity contribution in [1.82, 2.24) is 4.98 Å². The number of nitrogens with one attached hydrogen (secondary N) is 1. The average Bonchev–Trinajstić information content (AvgIpc) is 2.14. The van der Waals surface area contributed by atoms with Gasteiger partial charge in [-0.15, -0.1) is 12.4 Å². The molecule has 0 aromatic carbocycles. The predicted molar refractivity (Wildman–Crippen MR) is 57.1 cm³/mol. The third kappa shape index (κ3) is 5.37. The lowest BCUT2D eigenvalue weighted by Gasteiger charge is -2.11. The minimum Gasteiger partial charge on any atom is -0.471 e. The fourth-order valence-corrected chi connectivity index (χ4v) is 0.814. The molecule has 0 unspecified atom stereocenters. The van der Waals surface area contributed by atoms with Gasteiger partial charge in [0.15, 0.2) is 6.61 Å². The SMILES string of the molecule is CNc1ccc(OCC(C)(F)F)nc1.Cl. The van der Waals surface area contributed by atoms with E-state index in [1.54, 1.807) is 13.1 Å². The van der Waals surface area contributed by atoms with E-state index < -0.39 is 12.5 Å².